The summed E-state index contributed by atoms with van der Waals surface area (Å²) in [4.78, 5) is 118. The van der Waals surface area contributed by atoms with Crippen LogP contribution in [0.3, 0.4) is 0 Å². The summed E-state index contributed by atoms with van der Waals surface area (Å²) in [7, 11) is -2.29. The molecule has 14 heterocycles. The minimum atomic E-state index is -4.08. The average molecular weight is 1970 g/mol. The summed E-state index contributed by atoms with van der Waals surface area (Å²) in [5.74, 6) is -1.29. The van der Waals surface area contributed by atoms with E-state index in [2.05, 4.69) is 176 Å². The molecule has 0 radical (unpaired) electrons. The fourth-order valence-electron chi connectivity index (χ4n) is 14.8. The summed E-state index contributed by atoms with van der Waals surface area (Å²) < 4.78 is 100.0. The summed E-state index contributed by atoms with van der Waals surface area (Å²) in [6.07, 6.45) is -0.306. The standard InChI is InChI=1S/C45H59N13O10P2S2Si.C27H42N12O8P2S2Si.2CH5N/c1-26(2)29(59)20-32-52-40-36(42(61)53-32)51-25-58(40)43-27(3)33-30(66-43)21-64-70(72,62-18-13-16-46)56-34-31(22-65-69(71,55-33)63-19-17-47-7)67-44(37(34)68-73(8,9)45(4,5)6)57-24-50-35-38(48-23-49-39(35)57)54-41(60)28-14-11-10-12-15-28;1-12-15-13(45-24(12)39-11-33-18-22(39)34-26(29)35-23(18)40)7-43-49(42,51)37-16-14(8-44-48(41,50)36-15)46-25(19(16)47-52(5,6)27(2,3)4)38-10-32-17-20(28)30-9-31-21(17)38;2*1-2/h10-12,14-15,23-27,30-31,33-34,37,43-44H,13,17-22H2,1-6,8-9H3,(H,55,71)(H,56,72)(H,52,53,61)(H,48,49,54,60);9-16,19,24-25H,7-8H2,1-6H3,(H2,28,30,31)(H2,36,41,50)(H2,37,42,51)(H3,29,34,35,40);2*2H2,1H3/p-2/t27-,30-,31-,33+,34-,37-,43-,44-,69?,70?;12-,13-,14-,15+,16-,19-,24-,25-,48?,49?;;/m11../s1. The number of ketones is 1. The number of nitrogens with one attached hydrogen (secondary N) is 7. The van der Waals surface area contributed by atoms with Crippen LogP contribution < -0.4 is 64.6 Å². The predicted molar refractivity (Wildman–Crippen MR) is 495 cm³/mol. The van der Waals surface area contributed by atoms with Gasteiger partial charge >= 0.3 is 0 Å². The molecule has 1 aromatic carbocycles. The Morgan fingerprint density at radius 3 is 1.62 bits per heavy atom. The normalized spacial score (nSPS) is 30.0. The first kappa shape index (κ1) is 101. The first-order valence-corrected chi connectivity index (χ1v) is 57.6. The van der Waals surface area contributed by atoms with E-state index in [4.69, 9.17) is 121 Å². The highest BCUT2D eigenvalue weighted by Gasteiger charge is 2.57. The molecule has 702 valence electrons. The van der Waals surface area contributed by atoms with Gasteiger partial charge < -0.3 is 115 Å². The number of nitrogens with zero attached hydrogens (tertiary/aromatic N) is 16. The lowest BCUT2D eigenvalue weighted by atomic mass is 10.00. The maximum Gasteiger partial charge on any atom is 0.280 e. The number of H-pyrrole nitrogens is 2. The molecule has 6 fully saturated rings. The van der Waals surface area contributed by atoms with Crippen molar-refractivity contribution < 1.29 is 74.0 Å². The number of nitrogen functional groups attached to an aromatic ring is 2. The number of ether oxygens (including phenoxy) is 4. The van der Waals surface area contributed by atoms with E-state index < -0.39 is 152 Å². The molecule has 9 aromatic rings. The number of anilines is 3. The third-order valence-electron chi connectivity index (χ3n) is 23.5. The maximum absolute atomic E-state index is 14.2. The number of imidazole rings is 4. The molecule has 6 saturated heterocycles. The van der Waals surface area contributed by atoms with Gasteiger partial charge in [0.05, 0.1) is 108 Å². The van der Waals surface area contributed by atoms with Crippen LogP contribution in [0.2, 0.25) is 36.3 Å². The molecule has 0 spiro atoms. The lowest BCUT2D eigenvalue weighted by Crippen LogP contribution is -2.53. The third-order valence-corrected chi connectivity index (χ3v) is 41.0. The first-order valence-electron chi connectivity index (χ1n) is 41.2. The van der Waals surface area contributed by atoms with Crippen molar-refractivity contribution >= 4 is 165 Å². The number of Topliss-reactive ketones (excluding diaryl/α,β-unsaturated/α-hetero) is 1. The Morgan fingerprint density at radius 1 is 0.636 bits per heavy atom. The van der Waals surface area contributed by atoms with Gasteiger partial charge in [0.15, 0.2) is 79.9 Å². The zero-order valence-corrected chi connectivity index (χ0v) is 82.6. The molecule has 0 bridgehead atoms. The second kappa shape index (κ2) is 41.0. The van der Waals surface area contributed by atoms with Crippen LogP contribution in [-0.2, 0) is 118 Å². The van der Waals surface area contributed by atoms with Crippen LogP contribution in [0.4, 0.5) is 17.6 Å². The highest BCUT2D eigenvalue weighted by atomic mass is 32.7. The molecule has 45 nitrogen and oxygen atoms in total. The summed E-state index contributed by atoms with van der Waals surface area (Å²) in [5.41, 5.74) is 22.2. The molecule has 4 unspecified atom stereocenters. The number of nitrogens with two attached hydrogens (primary N) is 4. The van der Waals surface area contributed by atoms with E-state index in [-0.39, 0.29) is 132 Å². The Hall–Kier alpha value is -7.06. The number of rotatable bonds is 19. The Kier molecular flexibility index (Phi) is 32.1. The minimum Gasteiger partial charge on any atom is -0.789 e. The smallest absolute Gasteiger partial charge is 0.280 e. The fourth-order valence-corrected chi connectivity index (χ4v) is 25.5. The molecule has 8 aromatic heterocycles. The molecule has 1 amide bonds. The maximum atomic E-state index is 14.2. The number of hydrogen-bond acceptors (Lipinski definition) is 37. The predicted octanol–water partition coefficient (Wildman–Crippen LogP) is 6.38. The van der Waals surface area contributed by atoms with Crippen LogP contribution in [0.5, 0.6) is 0 Å². The van der Waals surface area contributed by atoms with Crippen LogP contribution in [-0.4, -0.2) is 227 Å². The van der Waals surface area contributed by atoms with Crippen LogP contribution in [0.1, 0.15) is 117 Å². The van der Waals surface area contributed by atoms with Crippen molar-refractivity contribution in [1.29, 1.82) is 5.26 Å². The number of amides is 1. The molecule has 55 heteroatoms. The van der Waals surface area contributed by atoms with Gasteiger partial charge in [0.1, 0.15) is 86.1 Å². The molecule has 129 heavy (non-hydrogen) atoms. The van der Waals surface area contributed by atoms with Crippen molar-refractivity contribution in [2.45, 2.75) is 204 Å². The highest BCUT2D eigenvalue weighted by Crippen LogP contribution is 2.56. The van der Waals surface area contributed by atoms with Gasteiger partial charge in [0, 0.05) is 29.4 Å². The number of fused-ring (bicyclic) bond motifs is 8. The van der Waals surface area contributed by atoms with E-state index in [9.17, 15) is 33.9 Å². The first-order chi connectivity index (χ1) is 60.9. The van der Waals surface area contributed by atoms with Gasteiger partial charge in [-0.25, -0.2) is 61.6 Å². The number of aromatic amines is 2. The van der Waals surface area contributed by atoms with Gasteiger partial charge in [-0.1, -0.05) is 99.2 Å². The Bertz CT molecular complexity index is 5960. The number of benzene rings is 1. The zero-order valence-electron chi connectivity index (χ0n) is 73.8. The van der Waals surface area contributed by atoms with Gasteiger partial charge in [-0.15, -0.1) is 0 Å². The third kappa shape index (κ3) is 22.3. The van der Waals surface area contributed by atoms with Crippen molar-refractivity contribution in [3.05, 3.63) is 112 Å². The highest BCUT2D eigenvalue weighted by molar-refractivity contribution is 8.33. The average Bonchev–Trinajstić information content (AvgIpc) is 1.61. The fraction of sp³-hybridized carbons (Fsp3) is 0.595. The Balaban J connectivity index is 0.000000237. The van der Waals surface area contributed by atoms with Crippen molar-refractivity contribution in [2.75, 3.05) is 77.1 Å². The van der Waals surface area contributed by atoms with Crippen molar-refractivity contribution in [3.63, 3.8) is 0 Å². The van der Waals surface area contributed by atoms with Gasteiger partial charge in [-0.2, -0.15) is 10.2 Å². The number of hydrogen-bond donors (Lipinski definition) is 11. The number of carbonyl (C=O) groups is 2. The largest absolute Gasteiger partial charge is 0.789 e. The minimum absolute atomic E-state index is 0.000842. The van der Waals surface area contributed by atoms with Crippen molar-refractivity contribution in [3.8, 4) is 6.07 Å². The van der Waals surface area contributed by atoms with E-state index in [0.29, 0.717) is 27.9 Å². The topological polar surface area (TPSA) is 592 Å². The number of carbonyl (C=O) groups excluding carboxylic acids is 2. The second-order valence-corrected chi connectivity index (χ2v) is 56.1. The van der Waals surface area contributed by atoms with E-state index >= 15 is 0 Å². The molecule has 0 saturated carbocycles. The molecular weight excluding hydrogens is 1860 g/mol. The van der Waals surface area contributed by atoms with Gasteiger partial charge in [-0.3, -0.25) is 52.6 Å². The number of aromatic nitrogens is 16. The van der Waals surface area contributed by atoms with E-state index in [1.54, 1.807) is 62.7 Å². The second-order valence-electron chi connectivity index (χ2n) is 34.3. The molecule has 15 N–H and O–H groups in total. The molecule has 6 aliphatic heterocycles. The molecule has 0 aliphatic carbocycles. The SMILES string of the molecule is CN.CN.C[C@@H]1[C@@H]2NP([O-])(=S)OC[C@H]3O[C@@H](n4cnc5c(N)ncnc54)[C@H](O[Si](C)(C)C(C)(C)C)[C@@H]3NP(=O)([S-])OC[C@H]2O[C@H]1n1cnc2c(=O)[nH]c(N)nc21.[C-]#[N+]CCOP1(=S)N[C@H]2[C@@H](C)[C@H](n3cnc4c(=O)[nH]c(CC(=O)C(C)C)nc43)O[C@@H]2COP(=S)(OCCC#N)N[C@H]2[C@@H](O[Si](C)(C)C(C)(C)C)[C@H](n3cnc4c(NC(=O)c5ccccc5)ncnc43)O[C@@H]2CO1. The van der Waals surface area contributed by atoms with Gasteiger partial charge in [0.25, 0.3) is 30.3 Å². The Morgan fingerprint density at radius 2 is 1.09 bits per heavy atom. The zero-order chi connectivity index (χ0) is 94.0. The lowest BCUT2D eigenvalue weighted by molar-refractivity contribution is -0.189. The lowest BCUT2D eigenvalue weighted by Gasteiger charge is -2.42. The van der Waals surface area contributed by atoms with Crippen molar-refractivity contribution in [1.82, 2.24) is 98.4 Å². The molecule has 20 atom stereocenters. The van der Waals surface area contributed by atoms with Gasteiger partial charge in [0.2, 0.25) is 12.5 Å². The summed E-state index contributed by atoms with van der Waals surface area (Å²) in [6.45, 7) is 19.3. The number of nitriles is 1. The molecular formula is C74H109N27O18P4S4Si2-2. The quantitative estimate of drug-likeness (QED) is 0.0137. The monoisotopic (exact) mass is 1970 g/mol. The van der Waals surface area contributed by atoms with Crippen LogP contribution in [0, 0.1) is 35.7 Å². The summed E-state index contributed by atoms with van der Waals surface area (Å²) >= 11 is 23.7. The molecule has 15 rings (SSSR count). The van der Waals surface area contributed by atoms with Crippen molar-refractivity contribution in [2.24, 2.45) is 29.2 Å². The van der Waals surface area contributed by atoms with E-state index in [0.717, 1.165) is 0 Å². The Labute approximate surface area is 765 Å². The molecule has 6 aliphatic rings. The summed E-state index contributed by atoms with van der Waals surface area (Å²) in [6, 6.07) is 7.64. The van der Waals surface area contributed by atoms with E-state index in [1.807, 2.05) is 19.9 Å². The summed E-state index contributed by atoms with van der Waals surface area (Å²) in [5, 5.41) is 24.9. The van der Waals surface area contributed by atoms with Crippen LogP contribution in [0.15, 0.2) is 77.9 Å². The van der Waals surface area contributed by atoms with E-state index in [1.165, 1.54) is 45.7 Å². The van der Waals surface area contributed by atoms with Crippen LogP contribution in [0.25, 0.3) is 49.5 Å². The van der Waals surface area contributed by atoms with Gasteiger partial charge in [-0.05, 0) is 86.1 Å². The van der Waals surface area contributed by atoms with Crippen LogP contribution >= 0.6 is 26.6 Å².